The summed E-state index contributed by atoms with van der Waals surface area (Å²) in [7, 11) is 0. The average Bonchev–Trinajstić information content (AvgIpc) is 2.64. The highest BCUT2D eigenvalue weighted by molar-refractivity contribution is 6.09. The van der Waals surface area contributed by atoms with Gasteiger partial charge in [0.2, 0.25) is 5.91 Å². The molecule has 118 valence electrons. The lowest BCUT2D eigenvalue weighted by atomic mass is 9.90. The van der Waals surface area contributed by atoms with Crippen molar-refractivity contribution in [2.45, 2.75) is 70.4 Å². The number of amides is 4. The Kier molecular flexibility index (Phi) is 4.85. The van der Waals surface area contributed by atoms with Crippen LogP contribution in [0.25, 0.3) is 0 Å². The predicted molar refractivity (Wildman–Crippen MR) is 78.6 cm³/mol. The number of nitrogens with zero attached hydrogens (tertiary/aromatic N) is 1. The molecule has 0 aromatic carbocycles. The molecule has 0 radical (unpaired) electrons. The molecule has 6 heteroatoms. The lowest BCUT2D eigenvalue weighted by molar-refractivity contribution is -0.135. The zero-order valence-electron chi connectivity index (χ0n) is 12.9. The van der Waals surface area contributed by atoms with Crippen LogP contribution in [-0.4, -0.2) is 40.9 Å². The summed E-state index contributed by atoms with van der Waals surface area (Å²) in [6, 6.07) is -0.383. The van der Waals surface area contributed by atoms with E-state index in [1.54, 1.807) is 0 Å². The number of hydrogen-bond acceptors (Lipinski definition) is 3. The monoisotopic (exact) mass is 295 g/mol. The fourth-order valence-corrected chi connectivity index (χ4v) is 3.06. The van der Waals surface area contributed by atoms with Gasteiger partial charge in [0.25, 0.3) is 5.91 Å². The molecule has 21 heavy (non-hydrogen) atoms. The van der Waals surface area contributed by atoms with Crippen LogP contribution in [0.2, 0.25) is 0 Å². The van der Waals surface area contributed by atoms with E-state index in [4.69, 9.17) is 0 Å². The van der Waals surface area contributed by atoms with Crippen molar-refractivity contribution >= 4 is 17.8 Å². The fourth-order valence-electron chi connectivity index (χ4n) is 3.06. The minimum atomic E-state index is -0.760. The van der Waals surface area contributed by atoms with E-state index < -0.39 is 11.6 Å². The molecule has 1 aliphatic heterocycles. The third-order valence-corrected chi connectivity index (χ3v) is 4.52. The van der Waals surface area contributed by atoms with E-state index in [1.165, 1.54) is 0 Å². The van der Waals surface area contributed by atoms with Crippen molar-refractivity contribution in [3.63, 3.8) is 0 Å². The summed E-state index contributed by atoms with van der Waals surface area (Å²) in [4.78, 5) is 37.7. The van der Waals surface area contributed by atoms with E-state index in [9.17, 15) is 14.4 Å². The highest BCUT2D eigenvalue weighted by atomic mass is 16.2. The quantitative estimate of drug-likeness (QED) is 0.772. The van der Waals surface area contributed by atoms with Gasteiger partial charge in [0, 0.05) is 6.04 Å². The summed E-state index contributed by atoms with van der Waals surface area (Å²) in [5, 5.41) is 5.63. The molecule has 2 aliphatic rings. The summed E-state index contributed by atoms with van der Waals surface area (Å²) in [5.74, 6) is -0.507. The summed E-state index contributed by atoms with van der Waals surface area (Å²) in [6.45, 7) is 3.69. The maximum Gasteiger partial charge on any atom is 0.325 e. The molecule has 1 spiro atoms. The van der Waals surface area contributed by atoms with E-state index in [0.717, 1.165) is 37.0 Å². The Morgan fingerprint density at radius 2 is 1.90 bits per heavy atom. The van der Waals surface area contributed by atoms with Crippen molar-refractivity contribution in [2.24, 2.45) is 0 Å². The topological polar surface area (TPSA) is 78.5 Å². The van der Waals surface area contributed by atoms with Gasteiger partial charge in [-0.25, -0.2) is 4.79 Å². The molecular formula is C15H25N3O3. The molecule has 2 N–H and O–H groups in total. The second kappa shape index (κ2) is 6.45. The zero-order valence-corrected chi connectivity index (χ0v) is 12.9. The van der Waals surface area contributed by atoms with Gasteiger partial charge in [-0.2, -0.15) is 0 Å². The van der Waals surface area contributed by atoms with Crippen LogP contribution in [0.3, 0.4) is 0 Å². The number of hydrogen-bond donors (Lipinski definition) is 2. The zero-order chi connectivity index (χ0) is 15.5. The Labute approximate surface area is 125 Å². The molecule has 1 aliphatic carbocycles. The van der Waals surface area contributed by atoms with Crippen molar-refractivity contribution in [3.05, 3.63) is 0 Å². The SMILES string of the molecule is CC[C@H](C)NC(=O)CN1C(=O)NC2(CCCCCC2)C1=O. The summed E-state index contributed by atoms with van der Waals surface area (Å²) >= 11 is 0. The minimum absolute atomic E-state index is 0.0464. The number of nitrogens with one attached hydrogen (secondary N) is 2. The Morgan fingerprint density at radius 3 is 2.48 bits per heavy atom. The van der Waals surface area contributed by atoms with Crippen LogP contribution in [0, 0.1) is 0 Å². The maximum absolute atomic E-state index is 12.6. The first-order valence-electron chi connectivity index (χ1n) is 7.92. The molecule has 0 aromatic heterocycles. The largest absolute Gasteiger partial charge is 0.352 e. The van der Waals surface area contributed by atoms with E-state index in [0.29, 0.717) is 12.8 Å². The molecule has 0 aromatic rings. The molecular weight excluding hydrogens is 270 g/mol. The maximum atomic E-state index is 12.6. The number of rotatable bonds is 4. The predicted octanol–water partition coefficient (Wildman–Crippen LogP) is 1.55. The number of urea groups is 1. The molecule has 4 amide bonds. The van der Waals surface area contributed by atoms with Gasteiger partial charge in [-0.05, 0) is 26.2 Å². The van der Waals surface area contributed by atoms with Crippen LogP contribution >= 0.6 is 0 Å². The second-order valence-electron chi connectivity index (χ2n) is 6.19. The highest BCUT2D eigenvalue weighted by Gasteiger charge is 2.51. The smallest absolute Gasteiger partial charge is 0.325 e. The second-order valence-corrected chi connectivity index (χ2v) is 6.19. The van der Waals surface area contributed by atoms with Crippen molar-refractivity contribution in [2.75, 3.05) is 6.54 Å². The Balaban J connectivity index is 2.02. The molecule has 1 saturated carbocycles. The van der Waals surface area contributed by atoms with Crippen LogP contribution in [0.1, 0.15) is 58.8 Å². The summed E-state index contributed by atoms with van der Waals surface area (Å²) in [5.41, 5.74) is -0.760. The van der Waals surface area contributed by atoms with Gasteiger partial charge >= 0.3 is 6.03 Å². The van der Waals surface area contributed by atoms with Crippen LogP contribution in [0.4, 0.5) is 4.79 Å². The first-order chi connectivity index (χ1) is 9.98. The van der Waals surface area contributed by atoms with Crippen LogP contribution < -0.4 is 10.6 Å². The molecule has 1 atom stereocenters. The van der Waals surface area contributed by atoms with E-state index in [-0.39, 0.29) is 24.4 Å². The van der Waals surface area contributed by atoms with E-state index >= 15 is 0 Å². The Bertz CT molecular complexity index is 428. The van der Waals surface area contributed by atoms with Gasteiger partial charge in [-0.1, -0.05) is 32.6 Å². The van der Waals surface area contributed by atoms with Crippen molar-refractivity contribution < 1.29 is 14.4 Å². The lowest BCUT2D eigenvalue weighted by Crippen LogP contribution is -2.47. The summed E-state index contributed by atoms with van der Waals surface area (Å²) < 4.78 is 0. The minimum Gasteiger partial charge on any atom is -0.352 e. The normalized spacial score (nSPS) is 22.9. The molecule has 0 unspecified atom stereocenters. The number of carbonyl (C=O) groups excluding carboxylic acids is 3. The molecule has 0 bridgehead atoms. The van der Waals surface area contributed by atoms with Gasteiger partial charge in [-0.15, -0.1) is 0 Å². The highest BCUT2D eigenvalue weighted by Crippen LogP contribution is 2.32. The fraction of sp³-hybridized carbons (Fsp3) is 0.800. The first-order valence-corrected chi connectivity index (χ1v) is 7.92. The molecule has 2 rings (SSSR count). The van der Waals surface area contributed by atoms with Crippen LogP contribution in [0.15, 0.2) is 0 Å². The number of carbonyl (C=O) groups is 3. The van der Waals surface area contributed by atoms with Gasteiger partial charge in [0.1, 0.15) is 12.1 Å². The van der Waals surface area contributed by atoms with Crippen molar-refractivity contribution in [3.8, 4) is 0 Å². The Morgan fingerprint density at radius 1 is 1.29 bits per heavy atom. The molecule has 1 heterocycles. The van der Waals surface area contributed by atoms with Crippen molar-refractivity contribution in [1.82, 2.24) is 15.5 Å². The van der Waals surface area contributed by atoms with Crippen molar-refractivity contribution in [1.29, 1.82) is 0 Å². The van der Waals surface area contributed by atoms with Crippen LogP contribution in [0.5, 0.6) is 0 Å². The third kappa shape index (κ3) is 3.36. The van der Waals surface area contributed by atoms with Gasteiger partial charge < -0.3 is 10.6 Å². The average molecular weight is 295 g/mol. The lowest BCUT2D eigenvalue weighted by Gasteiger charge is -2.24. The summed E-state index contributed by atoms with van der Waals surface area (Å²) in [6.07, 6.45) is 6.26. The third-order valence-electron chi connectivity index (χ3n) is 4.52. The first kappa shape index (κ1) is 15.8. The molecule has 1 saturated heterocycles. The standard InChI is InChI=1S/C15H25N3O3/c1-3-11(2)16-12(19)10-18-13(20)15(17-14(18)21)8-6-4-5-7-9-15/h11H,3-10H2,1-2H3,(H,16,19)(H,17,21)/t11-/m0/s1. The van der Waals surface area contributed by atoms with Crippen LogP contribution in [-0.2, 0) is 9.59 Å². The van der Waals surface area contributed by atoms with E-state index in [2.05, 4.69) is 10.6 Å². The van der Waals surface area contributed by atoms with Gasteiger partial charge in [0.05, 0.1) is 0 Å². The molecule has 2 fully saturated rings. The Hall–Kier alpha value is -1.59. The van der Waals surface area contributed by atoms with Gasteiger partial charge in [-0.3, -0.25) is 14.5 Å². The number of imide groups is 1. The molecule has 6 nitrogen and oxygen atoms in total. The van der Waals surface area contributed by atoms with Gasteiger partial charge in [0.15, 0.2) is 0 Å². The van der Waals surface area contributed by atoms with E-state index in [1.807, 2.05) is 13.8 Å².